The Morgan fingerprint density at radius 1 is 1.21 bits per heavy atom. The van der Waals surface area contributed by atoms with E-state index in [2.05, 4.69) is 0 Å². The van der Waals surface area contributed by atoms with Crippen LogP contribution in [-0.2, 0) is 16.0 Å². The van der Waals surface area contributed by atoms with E-state index in [4.69, 9.17) is 4.74 Å². The lowest BCUT2D eigenvalue weighted by molar-refractivity contribution is -0.124. The van der Waals surface area contributed by atoms with Crippen LogP contribution in [0, 0.1) is 5.92 Å². The number of aryl methyl sites for hydroxylation is 1. The normalized spacial score (nSPS) is 11.9. The summed E-state index contributed by atoms with van der Waals surface area (Å²) in [6, 6.07) is 7.57. The lowest BCUT2D eigenvalue weighted by Gasteiger charge is -2.09. The molecule has 0 aliphatic rings. The van der Waals surface area contributed by atoms with E-state index in [0.717, 1.165) is 18.4 Å². The van der Waals surface area contributed by atoms with Gasteiger partial charge >= 0.3 is 0 Å². The fourth-order valence-electron chi connectivity index (χ4n) is 1.60. The van der Waals surface area contributed by atoms with Crippen LogP contribution in [-0.4, -0.2) is 18.2 Å². The summed E-state index contributed by atoms with van der Waals surface area (Å²) in [5.74, 6) is 1.07. The van der Waals surface area contributed by atoms with Gasteiger partial charge in [-0.25, -0.2) is 0 Å². The Balaban J connectivity index is 2.44. The van der Waals surface area contributed by atoms with E-state index in [1.165, 1.54) is 0 Å². The van der Waals surface area contributed by atoms with Gasteiger partial charge in [0.2, 0.25) is 0 Å². The average Bonchev–Trinajstić information content (AvgIpc) is 2.42. The molecule has 0 bridgehead atoms. The lowest BCUT2D eigenvalue weighted by atomic mass is 10.0. The molecule has 0 aromatic heterocycles. The third-order valence-electron chi connectivity index (χ3n) is 3.23. The molecule has 1 rings (SSSR count). The molecule has 104 valence electrons. The van der Waals surface area contributed by atoms with Crippen LogP contribution in [0.4, 0.5) is 0 Å². The van der Waals surface area contributed by atoms with Crippen molar-refractivity contribution in [3.63, 3.8) is 0 Å². The molecule has 0 aliphatic heterocycles. The molecule has 0 saturated heterocycles. The summed E-state index contributed by atoms with van der Waals surface area (Å²) < 4.78 is 5.45. The van der Waals surface area contributed by atoms with E-state index < -0.39 is 0 Å². The number of hydrogen-bond donors (Lipinski definition) is 0. The molecule has 0 heterocycles. The zero-order valence-electron chi connectivity index (χ0n) is 11.9. The number of ether oxygens (including phenoxy) is 1. The van der Waals surface area contributed by atoms with Crippen LogP contribution in [0.2, 0.25) is 0 Å². The van der Waals surface area contributed by atoms with Gasteiger partial charge in [-0.3, -0.25) is 4.79 Å². The maximum absolute atomic E-state index is 11.6. The summed E-state index contributed by atoms with van der Waals surface area (Å²) in [7, 11) is 0. The van der Waals surface area contributed by atoms with Crippen molar-refractivity contribution in [1.29, 1.82) is 0 Å². The van der Waals surface area contributed by atoms with Gasteiger partial charge in [-0.1, -0.05) is 26.0 Å². The van der Waals surface area contributed by atoms with Crippen LogP contribution in [0.15, 0.2) is 24.3 Å². The highest BCUT2D eigenvalue weighted by Gasteiger charge is 2.11. The summed E-state index contributed by atoms with van der Waals surface area (Å²) in [6.45, 7) is 5.63. The van der Waals surface area contributed by atoms with Gasteiger partial charge in [-0.05, 0) is 37.5 Å². The molecule has 3 heteroatoms. The van der Waals surface area contributed by atoms with Crippen LogP contribution < -0.4 is 4.74 Å². The van der Waals surface area contributed by atoms with Crippen molar-refractivity contribution in [2.45, 2.75) is 40.0 Å². The van der Waals surface area contributed by atoms with E-state index in [1.807, 2.05) is 38.1 Å². The topological polar surface area (TPSA) is 43.4 Å². The summed E-state index contributed by atoms with van der Waals surface area (Å²) in [4.78, 5) is 22.5. The van der Waals surface area contributed by atoms with E-state index >= 15 is 0 Å². The molecule has 0 saturated carbocycles. The minimum atomic E-state index is 0.0508. The summed E-state index contributed by atoms with van der Waals surface area (Å²) in [5, 5.41) is 0. The Hall–Kier alpha value is -1.64. The van der Waals surface area contributed by atoms with Crippen molar-refractivity contribution < 1.29 is 14.3 Å². The van der Waals surface area contributed by atoms with Crippen molar-refractivity contribution in [3.8, 4) is 5.75 Å². The first-order chi connectivity index (χ1) is 9.02. The van der Waals surface area contributed by atoms with Gasteiger partial charge in [-0.15, -0.1) is 0 Å². The fraction of sp³-hybridized carbons (Fsp3) is 0.500. The minimum absolute atomic E-state index is 0.0508. The van der Waals surface area contributed by atoms with Crippen LogP contribution in [0.25, 0.3) is 0 Å². The van der Waals surface area contributed by atoms with Gasteiger partial charge in [0.05, 0.1) is 0 Å². The summed E-state index contributed by atoms with van der Waals surface area (Å²) in [6.07, 6.45) is 2.15. The quantitative estimate of drug-likeness (QED) is 0.722. The molecular formula is C16H22O3. The smallest absolute Gasteiger partial charge is 0.172 e. The van der Waals surface area contributed by atoms with Crippen molar-refractivity contribution in [2.24, 2.45) is 5.92 Å². The number of Topliss-reactive ketones (excluding diaryl/α,β-unsaturated/α-hetero) is 2. The molecule has 0 amide bonds. The second-order valence-electron chi connectivity index (χ2n) is 4.91. The highest BCUT2D eigenvalue weighted by molar-refractivity contribution is 5.82. The van der Waals surface area contributed by atoms with Crippen LogP contribution >= 0.6 is 0 Å². The summed E-state index contributed by atoms with van der Waals surface area (Å²) in [5.41, 5.74) is 1.11. The van der Waals surface area contributed by atoms with Crippen LogP contribution in [0.5, 0.6) is 5.75 Å². The second-order valence-corrected chi connectivity index (χ2v) is 4.91. The van der Waals surface area contributed by atoms with Crippen molar-refractivity contribution in [2.75, 3.05) is 6.61 Å². The van der Waals surface area contributed by atoms with Gasteiger partial charge in [-0.2, -0.15) is 0 Å². The Labute approximate surface area is 115 Å². The first kappa shape index (κ1) is 15.4. The lowest BCUT2D eigenvalue weighted by Crippen LogP contribution is -2.18. The highest BCUT2D eigenvalue weighted by atomic mass is 16.5. The largest absolute Gasteiger partial charge is 0.486 e. The first-order valence-electron chi connectivity index (χ1n) is 6.76. The number of ketones is 2. The van der Waals surface area contributed by atoms with Gasteiger partial charge in [0.15, 0.2) is 5.78 Å². The van der Waals surface area contributed by atoms with Gasteiger partial charge in [0.25, 0.3) is 0 Å². The molecule has 0 aliphatic carbocycles. The van der Waals surface area contributed by atoms with E-state index in [9.17, 15) is 9.59 Å². The molecular weight excluding hydrogens is 240 g/mol. The molecule has 19 heavy (non-hydrogen) atoms. The van der Waals surface area contributed by atoms with Gasteiger partial charge < -0.3 is 9.53 Å². The Kier molecular flexibility index (Phi) is 6.26. The van der Waals surface area contributed by atoms with Crippen LogP contribution in [0.1, 0.15) is 39.2 Å². The third-order valence-corrected chi connectivity index (χ3v) is 3.23. The Morgan fingerprint density at radius 2 is 1.84 bits per heavy atom. The fourth-order valence-corrected chi connectivity index (χ4v) is 1.60. The highest BCUT2D eigenvalue weighted by Crippen LogP contribution is 2.14. The molecule has 1 atom stereocenters. The zero-order chi connectivity index (χ0) is 14.3. The molecule has 0 spiro atoms. The number of rotatable bonds is 8. The van der Waals surface area contributed by atoms with Crippen molar-refractivity contribution in [1.82, 2.24) is 0 Å². The number of carbonyl (C=O) groups excluding carboxylic acids is 2. The summed E-state index contributed by atoms with van der Waals surface area (Å²) >= 11 is 0. The first-order valence-corrected chi connectivity index (χ1v) is 6.76. The van der Waals surface area contributed by atoms with Crippen molar-refractivity contribution in [3.05, 3.63) is 29.8 Å². The predicted octanol–water partition coefficient (Wildman–Crippen LogP) is 3.20. The number of carbonyl (C=O) groups is 2. The Bertz CT molecular complexity index is 420. The molecule has 0 radical (unpaired) electrons. The Morgan fingerprint density at radius 3 is 2.37 bits per heavy atom. The minimum Gasteiger partial charge on any atom is -0.486 e. The van der Waals surface area contributed by atoms with Gasteiger partial charge in [0.1, 0.15) is 18.1 Å². The number of benzene rings is 1. The SMILES string of the molecule is CCC(C)C(=O)COc1ccc(CCC(C)=O)cc1. The zero-order valence-corrected chi connectivity index (χ0v) is 11.9. The van der Waals surface area contributed by atoms with E-state index in [1.54, 1.807) is 6.92 Å². The van der Waals surface area contributed by atoms with E-state index in [0.29, 0.717) is 12.2 Å². The van der Waals surface area contributed by atoms with Crippen molar-refractivity contribution >= 4 is 11.6 Å². The van der Waals surface area contributed by atoms with Crippen LogP contribution in [0.3, 0.4) is 0 Å². The van der Waals surface area contributed by atoms with E-state index in [-0.39, 0.29) is 24.1 Å². The number of hydrogen-bond acceptors (Lipinski definition) is 3. The molecule has 0 N–H and O–H groups in total. The maximum atomic E-state index is 11.6. The molecule has 3 nitrogen and oxygen atoms in total. The predicted molar refractivity (Wildman–Crippen MR) is 75.4 cm³/mol. The standard InChI is InChI=1S/C16H22O3/c1-4-12(2)16(18)11-19-15-9-7-14(8-10-15)6-5-13(3)17/h7-10,12H,4-6,11H2,1-3H3. The van der Waals surface area contributed by atoms with Gasteiger partial charge in [0, 0.05) is 12.3 Å². The molecule has 1 unspecified atom stereocenters. The molecule has 1 aromatic carbocycles. The second kappa shape index (κ2) is 7.72. The monoisotopic (exact) mass is 262 g/mol. The average molecular weight is 262 g/mol. The molecule has 0 fully saturated rings. The maximum Gasteiger partial charge on any atom is 0.172 e. The third kappa shape index (κ3) is 5.69. The molecule has 1 aromatic rings.